The molecule has 0 spiro atoms. The highest BCUT2D eigenvalue weighted by molar-refractivity contribution is 7.99. The van der Waals surface area contributed by atoms with Gasteiger partial charge in [-0.2, -0.15) is 0 Å². The van der Waals surface area contributed by atoms with E-state index in [0.29, 0.717) is 10.6 Å². The minimum atomic E-state index is -0.430. The van der Waals surface area contributed by atoms with E-state index >= 15 is 0 Å². The van der Waals surface area contributed by atoms with Crippen LogP contribution in [0.5, 0.6) is 0 Å². The van der Waals surface area contributed by atoms with Crippen molar-refractivity contribution in [3.05, 3.63) is 4.88 Å². The summed E-state index contributed by atoms with van der Waals surface area (Å²) in [6, 6.07) is 0. The Morgan fingerprint density at radius 1 is 1.40 bits per heavy atom. The Morgan fingerprint density at radius 2 is 2.05 bits per heavy atom. The van der Waals surface area contributed by atoms with Gasteiger partial charge in [0.05, 0.1) is 10.6 Å². The van der Waals surface area contributed by atoms with Crippen LogP contribution in [0.4, 0.5) is 10.7 Å². The quantitative estimate of drug-likeness (QED) is 0.819. The number of nitrogens with zero attached hydrogens (tertiary/aromatic N) is 1. The zero-order chi connectivity index (χ0) is 14.7. The maximum Gasteiger partial charge on any atom is 0.261 e. The van der Waals surface area contributed by atoms with E-state index in [1.807, 2.05) is 6.26 Å². The number of thiophene rings is 1. The lowest BCUT2D eigenvalue weighted by Crippen LogP contribution is -2.26. The van der Waals surface area contributed by atoms with Crippen molar-refractivity contribution in [3.8, 4) is 0 Å². The molecule has 112 valence electrons. The minimum Gasteiger partial charge on any atom is -0.396 e. The molecule has 1 aliphatic carbocycles. The summed E-state index contributed by atoms with van der Waals surface area (Å²) in [5.41, 5.74) is 12.0. The fraction of sp³-hybridized carbons (Fsp3) is 0.643. The first-order valence-electron chi connectivity index (χ1n) is 7.01. The summed E-state index contributed by atoms with van der Waals surface area (Å²) in [7, 11) is 2.09. The third-order valence-corrected chi connectivity index (χ3v) is 6.20. The maximum absolute atomic E-state index is 11.4. The zero-order valence-electron chi connectivity index (χ0n) is 12.1. The van der Waals surface area contributed by atoms with Crippen LogP contribution in [0.1, 0.15) is 41.8 Å². The van der Waals surface area contributed by atoms with Gasteiger partial charge in [0.25, 0.3) is 5.91 Å². The molecule has 1 fully saturated rings. The van der Waals surface area contributed by atoms with E-state index in [2.05, 4.69) is 11.9 Å². The number of amides is 1. The third-order valence-electron chi connectivity index (χ3n) is 3.91. The number of hydrogen-bond acceptors (Lipinski definition) is 5. The van der Waals surface area contributed by atoms with E-state index in [0.717, 1.165) is 22.4 Å². The Balaban J connectivity index is 2.17. The standard InChI is InChI=1S/C14H23N3OS2/c1-17(8-9-6-4-3-5-7-9)14-12(19-2)10(15)11(20-14)13(16)18/h9H,3-8,15H2,1-2H3,(H2,16,18). The Hall–Kier alpha value is -0.880. The van der Waals surface area contributed by atoms with E-state index in [1.54, 1.807) is 11.8 Å². The topological polar surface area (TPSA) is 72.3 Å². The lowest BCUT2D eigenvalue weighted by Gasteiger charge is -2.28. The molecule has 1 heterocycles. The predicted octanol–water partition coefficient (Wildman–Crippen LogP) is 3.17. The van der Waals surface area contributed by atoms with E-state index < -0.39 is 5.91 Å². The number of primary amides is 1. The molecule has 20 heavy (non-hydrogen) atoms. The first-order chi connectivity index (χ1) is 9.54. The van der Waals surface area contributed by atoms with Crippen LogP contribution in [0.3, 0.4) is 0 Å². The van der Waals surface area contributed by atoms with Crippen molar-refractivity contribution in [2.75, 3.05) is 30.5 Å². The molecule has 1 saturated carbocycles. The fourth-order valence-electron chi connectivity index (χ4n) is 2.89. The molecule has 1 aromatic rings. The maximum atomic E-state index is 11.4. The summed E-state index contributed by atoms with van der Waals surface area (Å²) in [6.07, 6.45) is 8.65. The largest absolute Gasteiger partial charge is 0.396 e. The molecule has 0 aliphatic heterocycles. The Bertz CT molecular complexity index is 481. The van der Waals surface area contributed by atoms with Gasteiger partial charge in [-0.25, -0.2) is 0 Å². The Morgan fingerprint density at radius 3 is 2.60 bits per heavy atom. The molecule has 2 rings (SSSR count). The van der Waals surface area contributed by atoms with Gasteiger partial charge in [-0.1, -0.05) is 19.3 Å². The van der Waals surface area contributed by atoms with Crippen LogP contribution in [0.15, 0.2) is 4.90 Å². The Kier molecular flexibility index (Phi) is 5.21. The number of carbonyl (C=O) groups excluding carboxylic acids is 1. The second-order valence-electron chi connectivity index (χ2n) is 5.43. The van der Waals surface area contributed by atoms with Crippen LogP contribution >= 0.6 is 23.1 Å². The van der Waals surface area contributed by atoms with Crippen LogP contribution in [0.25, 0.3) is 0 Å². The molecule has 6 heteroatoms. The molecule has 4 nitrogen and oxygen atoms in total. The normalized spacial score (nSPS) is 16.3. The van der Waals surface area contributed by atoms with Crippen molar-refractivity contribution in [3.63, 3.8) is 0 Å². The first-order valence-corrected chi connectivity index (χ1v) is 9.06. The van der Waals surface area contributed by atoms with Gasteiger partial charge in [0.1, 0.15) is 9.88 Å². The summed E-state index contributed by atoms with van der Waals surface area (Å²) >= 11 is 3.01. The average molecular weight is 313 g/mol. The van der Waals surface area contributed by atoms with Gasteiger partial charge >= 0.3 is 0 Å². The zero-order valence-corrected chi connectivity index (χ0v) is 13.8. The number of hydrogen-bond donors (Lipinski definition) is 2. The smallest absolute Gasteiger partial charge is 0.261 e. The predicted molar refractivity (Wildman–Crippen MR) is 88.9 cm³/mol. The summed E-state index contributed by atoms with van der Waals surface area (Å²) in [5, 5.41) is 1.08. The van der Waals surface area contributed by atoms with Crippen molar-refractivity contribution in [2.45, 2.75) is 37.0 Å². The second kappa shape index (κ2) is 6.72. The molecular weight excluding hydrogens is 290 g/mol. The van der Waals surface area contributed by atoms with Crippen LogP contribution in [-0.2, 0) is 0 Å². The lowest BCUT2D eigenvalue weighted by molar-refractivity contribution is 0.100. The third kappa shape index (κ3) is 3.23. The number of rotatable bonds is 5. The molecule has 4 N–H and O–H groups in total. The van der Waals surface area contributed by atoms with Gasteiger partial charge in [-0.05, 0) is 25.0 Å². The van der Waals surface area contributed by atoms with E-state index in [1.165, 1.54) is 43.4 Å². The van der Waals surface area contributed by atoms with Crippen LogP contribution in [0, 0.1) is 5.92 Å². The average Bonchev–Trinajstić information content (AvgIpc) is 2.77. The van der Waals surface area contributed by atoms with Gasteiger partial charge in [0, 0.05) is 13.6 Å². The fourth-order valence-corrected chi connectivity index (χ4v) is 4.92. The SMILES string of the molecule is CSc1c(N(C)CC2CCCCC2)sc(C(N)=O)c1N. The molecule has 1 aliphatic rings. The van der Waals surface area contributed by atoms with Gasteiger partial charge in [-0.3, -0.25) is 4.79 Å². The molecule has 0 bridgehead atoms. The van der Waals surface area contributed by atoms with Crippen LogP contribution in [0.2, 0.25) is 0 Å². The van der Waals surface area contributed by atoms with Crippen molar-refractivity contribution in [2.24, 2.45) is 11.7 Å². The molecule has 0 unspecified atom stereocenters. The summed E-state index contributed by atoms with van der Waals surface area (Å²) in [4.78, 5) is 15.2. The number of thioether (sulfide) groups is 1. The molecule has 0 aromatic carbocycles. The molecule has 0 saturated heterocycles. The highest BCUT2D eigenvalue weighted by Gasteiger charge is 2.23. The highest BCUT2D eigenvalue weighted by atomic mass is 32.2. The lowest BCUT2D eigenvalue weighted by atomic mass is 9.89. The molecular formula is C14H23N3OS2. The first kappa shape index (κ1) is 15.5. The molecule has 0 atom stereocenters. The number of nitrogen functional groups attached to an aromatic ring is 1. The molecule has 1 amide bonds. The van der Waals surface area contributed by atoms with Crippen molar-refractivity contribution < 1.29 is 4.79 Å². The number of nitrogens with two attached hydrogens (primary N) is 2. The van der Waals surface area contributed by atoms with Crippen LogP contribution < -0.4 is 16.4 Å². The number of carbonyl (C=O) groups is 1. The second-order valence-corrected chi connectivity index (χ2v) is 7.25. The van der Waals surface area contributed by atoms with E-state index in [9.17, 15) is 4.79 Å². The van der Waals surface area contributed by atoms with Crippen molar-refractivity contribution in [1.29, 1.82) is 0 Å². The summed E-state index contributed by atoms with van der Waals surface area (Å²) < 4.78 is 0. The monoisotopic (exact) mass is 313 g/mol. The van der Waals surface area contributed by atoms with Gasteiger partial charge < -0.3 is 16.4 Å². The molecule has 1 aromatic heterocycles. The summed E-state index contributed by atoms with van der Waals surface area (Å²) in [6.45, 7) is 1.03. The van der Waals surface area contributed by atoms with Gasteiger partial charge in [0.15, 0.2) is 0 Å². The Labute approximate surface area is 128 Å². The summed E-state index contributed by atoms with van der Waals surface area (Å²) in [5.74, 6) is 0.323. The van der Waals surface area contributed by atoms with E-state index in [-0.39, 0.29) is 0 Å². The van der Waals surface area contributed by atoms with Gasteiger partial charge in [-0.15, -0.1) is 23.1 Å². The van der Waals surface area contributed by atoms with Crippen LogP contribution in [-0.4, -0.2) is 25.8 Å². The van der Waals surface area contributed by atoms with Crippen molar-refractivity contribution in [1.82, 2.24) is 0 Å². The molecule has 0 radical (unpaired) electrons. The van der Waals surface area contributed by atoms with Gasteiger partial charge in [0.2, 0.25) is 0 Å². The van der Waals surface area contributed by atoms with E-state index in [4.69, 9.17) is 11.5 Å². The highest BCUT2D eigenvalue weighted by Crippen LogP contribution is 2.43. The minimum absolute atomic E-state index is 0.430. The number of anilines is 2. The van der Waals surface area contributed by atoms with Crippen molar-refractivity contribution >= 4 is 39.7 Å².